The second kappa shape index (κ2) is 5.97. The van der Waals surface area contributed by atoms with Gasteiger partial charge in [0.1, 0.15) is 6.42 Å². The summed E-state index contributed by atoms with van der Waals surface area (Å²) in [5, 5.41) is 10.6. The van der Waals surface area contributed by atoms with E-state index in [0.29, 0.717) is 13.1 Å². The minimum atomic E-state index is -1.05. The van der Waals surface area contributed by atoms with Crippen molar-refractivity contribution in [1.82, 2.24) is 9.80 Å². The highest BCUT2D eigenvalue weighted by Crippen LogP contribution is 2.13. The number of carboxylic acids is 1. The van der Waals surface area contributed by atoms with Crippen LogP contribution in [0.15, 0.2) is 17.5 Å². The van der Waals surface area contributed by atoms with Gasteiger partial charge in [-0.2, -0.15) is 0 Å². The quantitative estimate of drug-likeness (QED) is 0.823. The van der Waals surface area contributed by atoms with E-state index in [0.717, 1.165) is 19.6 Å². The largest absolute Gasteiger partial charge is 0.481 e. The van der Waals surface area contributed by atoms with Crippen molar-refractivity contribution in [2.75, 3.05) is 26.2 Å². The number of carbonyl (C=O) groups excluding carboxylic acids is 1. The first-order valence-corrected chi connectivity index (χ1v) is 6.77. The predicted octanol–water partition coefficient (Wildman–Crippen LogP) is 0.867. The molecule has 0 atom stereocenters. The number of aliphatic carboxylic acids is 1. The fraction of sp³-hybridized carbons (Fsp3) is 0.500. The molecular weight excluding hydrogens is 252 g/mol. The fourth-order valence-electron chi connectivity index (χ4n) is 2.02. The van der Waals surface area contributed by atoms with Gasteiger partial charge >= 0.3 is 5.97 Å². The van der Waals surface area contributed by atoms with Gasteiger partial charge in [0.25, 0.3) is 0 Å². The predicted molar refractivity (Wildman–Crippen MR) is 68.4 cm³/mol. The van der Waals surface area contributed by atoms with Gasteiger partial charge < -0.3 is 10.0 Å². The zero-order valence-electron chi connectivity index (χ0n) is 10.0. The average Bonchev–Trinajstić information content (AvgIpc) is 2.82. The zero-order chi connectivity index (χ0) is 13.0. The van der Waals surface area contributed by atoms with Crippen LogP contribution in [0.5, 0.6) is 0 Å². The first kappa shape index (κ1) is 13.0. The van der Waals surface area contributed by atoms with Crippen molar-refractivity contribution in [2.24, 2.45) is 0 Å². The maximum atomic E-state index is 11.6. The molecular formula is C12H16N2O3S. The molecule has 98 valence electrons. The molecule has 1 aliphatic heterocycles. The summed E-state index contributed by atoms with van der Waals surface area (Å²) in [5.41, 5.74) is 0. The van der Waals surface area contributed by atoms with E-state index in [4.69, 9.17) is 5.11 Å². The molecule has 1 N–H and O–H groups in total. The minimum absolute atomic E-state index is 0.279. The number of nitrogens with zero attached hydrogens (tertiary/aromatic N) is 2. The molecule has 0 spiro atoms. The van der Waals surface area contributed by atoms with Crippen LogP contribution >= 0.6 is 11.3 Å². The third kappa shape index (κ3) is 3.54. The Bertz CT molecular complexity index is 411. The summed E-state index contributed by atoms with van der Waals surface area (Å²) in [6, 6.07) is 4.14. The van der Waals surface area contributed by atoms with Crippen molar-refractivity contribution in [1.29, 1.82) is 0 Å². The van der Waals surface area contributed by atoms with Gasteiger partial charge in [0, 0.05) is 37.6 Å². The molecule has 2 heterocycles. The van der Waals surface area contributed by atoms with Crippen molar-refractivity contribution < 1.29 is 14.7 Å². The van der Waals surface area contributed by atoms with Crippen LogP contribution in [0.2, 0.25) is 0 Å². The van der Waals surface area contributed by atoms with E-state index < -0.39 is 12.4 Å². The molecule has 5 nitrogen and oxygen atoms in total. The summed E-state index contributed by atoms with van der Waals surface area (Å²) in [7, 11) is 0. The summed E-state index contributed by atoms with van der Waals surface area (Å²) in [5.74, 6) is -1.33. The van der Waals surface area contributed by atoms with Crippen LogP contribution in [-0.4, -0.2) is 53.0 Å². The third-order valence-electron chi connectivity index (χ3n) is 2.99. The molecule has 0 bridgehead atoms. The highest BCUT2D eigenvalue weighted by Gasteiger charge is 2.22. The molecule has 1 aliphatic rings. The fourth-order valence-corrected chi connectivity index (χ4v) is 2.77. The second-order valence-electron chi connectivity index (χ2n) is 4.31. The summed E-state index contributed by atoms with van der Waals surface area (Å²) in [4.78, 5) is 27.3. The lowest BCUT2D eigenvalue weighted by Crippen LogP contribution is -2.48. The van der Waals surface area contributed by atoms with Crippen molar-refractivity contribution in [2.45, 2.75) is 13.0 Å². The van der Waals surface area contributed by atoms with Crippen LogP contribution < -0.4 is 0 Å². The van der Waals surface area contributed by atoms with Crippen LogP contribution in [0.3, 0.4) is 0 Å². The van der Waals surface area contributed by atoms with Gasteiger partial charge in [-0.15, -0.1) is 11.3 Å². The second-order valence-corrected chi connectivity index (χ2v) is 5.34. The molecule has 1 amide bonds. The topological polar surface area (TPSA) is 60.9 Å². The summed E-state index contributed by atoms with van der Waals surface area (Å²) in [6.07, 6.45) is -0.398. The molecule has 0 unspecified atom stereocenters. The molecule has 1 aromatic heterocycles. The Labute approximate surface area is 110 Å². The molecule has 18 heavy (non-hydrogen) atoms. The van der Waals surface area contributed by atoms with Crippen LogP contribution in [-0.2, 0) is 16.1 Å². The molecule has 1 aromatic rings. The van der Waals surface area contributed by atoms with Crippen LogP contribution in [0.1, 0.15) is 11.3 Å². The lowest BCUT2D eigenvalue weighted by molar-refractivity contribution is -0.145. The average molecular weight is 268 g/mol. The van der Waals surface area contributed by atoms with E-state index in [1.54, 1.807) is 16.2 Å². The van der Waals surface area contributed by atoms with Gasteiger partial charge in [-0.1, -0.05) is 6.07 Å². The molecule has 2 rings (SSSR count). The number of piperazine rings is 1. The van der Waals surface area contributed by atoms with E-state index in [-0.39, 0.29) is 5.91 Å². The van der Waals surface area contributed by atoms with E-state index in [1.807, 2.05) is 6.07 Å². The van der Waals surface area contributed by atoms with Crippen molar-refractivity contribution in [3.8, 4) is 0 Å². The number of hydrogen-bond donors (Lipinski definition) is 1. The van der Waals surface area contributed by atoms with E-state index >= 15 is 0 Å². The highest BCUT2D eigenvalue weighted by atomic mass is 32.1. The van der Waals surface area contributed by atoms with Crippen molar-refractivity contribution >= 4 is 23.2 Å². The number of hydrogen-bond acceptors (Lipinski definition) is 4. The van der Waals surface area contributed by atoms with Gasteiger partial charge in [0.15, 0.2) is 0 Å². The van der Waals surface area contributed by atoms with E-state index in [9.17, 15) is 9.59 Å². The molecule has 1 saturated heterocycles. The highest BCUT2D eigenvalue weighted by molar-refractivity contribution is 7.09. The standard InChI is InChI=1S/C12H16N2O3S/c15-11(8-12(16)17)14-5-3-13(4-6-14)9-10-2-1-7-18-10/h1-2,7H,3-6,8-9H2,(H,16,17). The van der Waals surface area contributed by atoms with Gasteiger partial charge in [0.05, 0.1) is 0 Å². The van der Waals surface area contributed by atoms with E-state index in [2.05, 4.69) is 16.3 Å². The number of amides is 1. The molecule has 1 fully saturated rings. The third-order valence-corrected chi connectivity index (χ3v) is 3.85. The number of carbonyl (C=O) groups is 2. The monoisotopic (exact) mass is 268 g/mol. The van der Waals surface area contributed by atoms with Crippen molar-refractivity contribution in [3.05, 3.63) is 22.4 Å². The lowest BCUT2D eigenvalue weighted by Gasteiger charge is -2.34. The van der Waals surface area contributed by atoms with Crippen LogP contribution in [0.4, 0.5) is 0 Å². The lowest BCUT2D eigenvalue weighted by atomic mass is 10.2. The normalized spacial score (nSPS) is 16.8. The van der Waals surface area contributed by atoms with E-state index in [1.165, 1.54) is 4.88 Å². The number of thiophene rings is 1. The Balaban J connectivity index is 1.77. The Morgan fingerprint density at radius 3 is 2.56 bits per heavy atom. The van der Waals surface area contributed by atoms with Gasteiger partial charge in [0.2, 0.25) is 5.91 Å². The van der Waals surface area contributed by atoms with Crippen LogP contribution in [0.25, 0.3) is 0 Å². The summed E-state index contributed by atoms with van der Waals surface area (Å²) < 4.78 is 0. The van der Waals surface area contributed by atoms with Gasteiger partial charge in [-0.05, 0) is 11.4 Å². The van der Waals surface area contributed by atoms with Crippen molar-refractivity contribution in [3.63, 3.8) is 0 Å². The van der Waals surface area contributed by atoms with Gasteiger partial charge in [-0.3, -0.25) is 14.5 Å². The number of rotatable bonds is 4. The Kier molecular flexibility index (Phi) is 4.33. The maximum absolute atomic E-state index is 11.6. The Morgan fingerprint density at radius 1 is 1.28 bits per heavy atom. The smallest absolute Gasteiger partial charge is 0.312 e. The summed E-state index contributed by atoms with van der Waals surface area (Å²) in [6.45, 7) is 3.78. The molecule has 0 aliphatic carbocycles. The maximum Gasteiger partial charge on any atom is 0.312 e. The summed E-state index contributed by atoms with van der Waals surface area (Å²) >= 11 is 1.73. The number of carboxylic acid groups (broad SMARTS) is 1. The molecule has 0 aromatic carbocycles. The molecule has 0 saturated carbocycles. The first-order chi connectivity index (χ1) is 8.65. The first-order valence-electron chi connectivity index (χ1n) is 5.89. The minimum Gasteiger partial charge on any atom is -0.481 e. The molecule has 0 radical (unpaired) electrons. The zero-order valence-corrected chi connectivity index (χ0v) is 10.9. The van der Waals surface area contributed by atoms with Gasteiger partial charge in [-0.25, -0.2) is 0 Å². The van der Waals surface area contributed by atoms with Crippen LogP contribution in [0, 0.1) is 0 Å². The Hall–Kier alpha value is -1.40. The SMILES string of the molecule is O=C(O)CC(=O)N1CCN(Cc2cccs2)CC1. The molecule has 6 heteroatoms. The Morgan fingerprint density at radius 2 is 2.00 bits per heavy atom.